The monoisotopic (exact) mass is 421 g/mol. The molecule has 1 rings (SSSR count). The molecule has 0 aromatic rings. The van der Waals surface area contributed by atoms with Gasteiger partial charge in [-0.25, -0.2) is 0 Å². The summed E-state index contributed by atoms with van der Waals surface area (Å²) in [6.45, 7) is 0.659. The zero-order chi connectivity index (χ0) is 19.9. The molecule has 0 unspecified atom stereocenters. The fraction of sp³-hybridized carbons (Fsp3) is 0.900. The van der Waals surface area contributed by atoms with Gasteiger partial charge in [-0.2, -0.15) is 43.2 Å². The molecule has 0 aromatic heterocycles. The van der Waals surface area contributed by atoms with E-state index in [2.05, 4.69) is 0 Å². The number of carbonyl (C=O) groups excluding carboxylic acids is 1. The van der Waals surface area contributed by atoms with Crippen LogP contribution in [0.5, 0.6) is 0 Å². The standard InChI is InChI=1S/C10H15F6N2O5S2/c1-18(5-2-3-6-18)7-4-8(19)17(24(20,21)9(11,12)13)25(22,23)10(14,15)16/h2-7H2,1H3/q+1. The molecule has 148 valence electrons. The largest absolute Gasteiger partial charge is 0.517 e. The van der Waals surface area contributed by atoms with Gasteiger partial charge in [0.2, 0.25) is 0 Å². The predicted molar refractivity (Wildman–Crippen MR) is 71.4 cm³/mol. The van der Waals surface area contributed by atoms with Crippen molar-refractivity contribution < 1.29 is 52.5 Å². The number of alkyl halides is 6. The average molecular weight is 421 g/mol. The SMILES string of the molecule is C[N+]1(CCC(=O)N(S(=O)(=O)C(F)(F)F)S(=O)(=O)C(F)(F)F)CCCC1. The van der Waals surface area contributed by atoms with Crippen molar-refractivity contribution in [2.75, 3.05) is 26.7 Å². The van der Waals surface area contributed by atoms with Crippen molar-refractivity contribution >= 4 is 26.0 Å². The van der Waals surface area contributed by atoms with Gasteiger partial charge < -0.3 is 4.48 Å². The molecule has 0 aromatic carbocycles. The minimum absolute atomic E-state index is 0.109. The molecule has 1 saturated heterocycles. The van der Waals surface area contributed by atoms with E-state index in [0.717, 1.165) is 0 Å². The number of rotatable bonds is 5. The van der Waals surface area contributed by atoms with Gasteiger partial charge in [-0.05, 0) is 0 Å². The highest BCUT2D eigenvalue weighted by molar-refractivity contribution is 8.05. The predicted octanol–water partition coefficient (Wildman–Crippen LogP) is 1.14. The minimum atomic E-state index is -7.08. The Kier molecular flexibility index (Phi) is 5.77. The molecule has 7 nitrogen and oxygen atoms in total. The smallest absolute Gasteiger partial charge is 0.326 e. The summed E-state index contributed by atoms with van der Waals surface area (Å²) in [4.78, 5) is 11.8. The Morgan fingerprint density at radius 2 is 1.28 bits per heavy atom. The summed E-state index contributed by atoms with van der Waals surface area (Å²) in [6, 6.07) is 0. The lowest BCUT2D eigenvalue weighted by Gasteiger charge is -2.30. The van der Waals surface area contributed by atoms with Crippen molar-refractivity contribution in [2.45, 2.75) is 30.3 Å². The molecule has 1 amide bonds. The molecular formula is C10H15F6N2O5S2+. The van der Waals surface area contributed by atoms with E-state index < -0.39 is 47.1 Å². The van der Waals surface area contributed by atoms with Crippen molar-refractivity contribution in [3.8, 4) is 0 Å². The summed E-state index contributed by atoms with van der Waals surface area (Å²) in [6.07, 6.45) is 0.299. The highest BCUT2D eigenvalue weighted by Gasteiger charge is 2.63. The fourth-order valence-corrected chi connectivity index (χ4v) is 5.00. The quantitative estimate of drug-likeness (QED) is 0.491. The molecule has 25 heavy (non-hydrogen) atoms. The first-order valence-electron chi connectivity index (χ1n) is 6.75. The van der Waals surface area contributed by atoms with Crippen LogP contribution in [0.25, 0.3) is 0 Å². The van der Waals surface area contributed by atoms with Gasteiger partial charge in [-0.15, -0.1) is 3.71 Å². The van der Waals surface area contributed by atoms with Crippen molar-refractivity contribution in [1.82, 2.24) is 3.71 Å². The number of sulfonamides is 2. The lowest BCUT2D eigenvalue weighted by Crippen LogP contribution is -2.53. The van der Waals surface area contributed by atoms with Crippen LogP contribution >= 0.6 is 0 Å². The maximum absolute atomic E-state index is 12.6. The van der Waals surface area contributed by atoms with E-state index in [9.17, 15) is 48.0 Å². The summed E-state index contributed by atoms with van der Waals surface area (Å²) in [5, 5.41) is 0. The number of hydrogen-bond donors (Lipinski definition) is 0. The van der Waals surface area contributed by atoms with Gasteiger partial charge in [0, 0.05) is 12.8 Å². The van der Waals surface area contributed by atoms with E-state index in [1.165, 1.54) is 0 Å². The van der Waals surface area contributed by atoms with Crippen LogP contribution in [0.1, 0.15) is 19.3 Å². The van der Waals surface area contributed by atoms with Crippen LogP contribution in [-0.4, -0.2) is 68.6 Å². The lowest BCUT2D eigenvalue weighted by molar-refractivity contribution is -0.897. The van der Waals surface area contributed by atoms with Crippen molar-refractivity contribution in [2.24, 2.45) is 0 Å². The van der Waals surface area contributed by atoms with Gasteiger partial charge in [0.1, 0.15) is 0 Å². The molecule has 1 heterocycles. The molecule has 0 bridgehead atoms. The van der Waals surface area contributed by atoms with Crippen LogP contribution in [0.2, 0.25) is 0 Å². The third-order valence-electron chi connectivity index (χ3n) is 3.74. The summed E-state index contributed by atoms with van der Waals surface area (Å²) >= 11 is 0. The number of hydrogen-bond acceptors (Lipinski definition) is 5. The van der Waals surface area contributed by atoms with E-state index in [1.807, 2.05) is 0 Å². The van der Waals surface area contributed by atoms with E-state index in [-0.39, 0.29) is 11.0 Å². The maximum atomic E-state index is 12.6. The van der Waals surface area contributed by atoms with Gasteiger partial charge in [0.15, 0.2) is 0 Å². The topological polar surface area (TPSA) is 88.6 Å². The molecule has 0 saturated carbocycles. The van der Waals surface area contributed by atoms with Gasteiger partial charge in [-0.1, -0.05) is 0 Å². The number of nitrogens with zero attached hydrogens (tertiary/aromatic N) is 2. The third-order valence-corrected chi connectivity index (χ3v) is 7.36. The first-order valence-corrected chi connectivity index (χ1v) is 9.63. The third kappa shape index (κ3) is 4.36. The molecule has 1 aliphatic rings. The average Bonchev–Trinajstić information content (AvgIpc) is 2.81. The molecule has 0 N–H and O–H groups in total. The molecule has 0 atom stereocenters. The molecule has 1 aliphatic heterocycles. The maximum Gasteiger partial charge on any atom is 0.517 e. The molecule has 0 radical (unpaired) electrons. The highest BCUT2D eigenvalue weighted by Crippen LogP contribution is 2.35. The summed E-state index contributed by atoms with van der Waals surface area (Å²) in [7, 11) is -12.6. The molecular weight excluding hydrogens is 406 g/mol. The van der Waals surface area contributed by atoms with Crippen LogP contribution < -0.4 is 0 Å². The summed E-state index contributed by atoms with van der Waals surface area (Å²) in [5.41, 5.74) is -12.8. The van der Waals surface area contributed by atoms with Crippen LogP contribution in [0.3, 0.4) is 0 Å². The lowest BCUT2D eigenvalue weighted by atomic mass is 10.3. The fourth-order valence-electron chi connectivity index (χ4n) is 2.36. The van der Waals surface area contributed by atoms with E-state index in [4.69, 9.17) is 0 Å². The number of quaternary nitrogens is 1. The van der Waals surface area contributed by atoms with Gasteiger partial charge in [0.25, 0.3) is 5.91 Å². The van der Waals surface area contributed by atoms with Crippen LogP contribution in [0.4, 0.5) is 26.3 Å². The van der Waals surface area contributed by atoms with Crippen molar-refractivity contribution in [3.63, 3.8) is 0 Å². The Hall–Kier alpha value is -1.09. The number of carbonyl (C=O) groups is 1. The molecule has 1 fully saturated rings. The second-order valence-electron chi connectivity index (χ2n) is 5.74. The Labute approximate surface area is 139 Å². The normalized spacial score (nSPS) is 19.0. The molecule has 0 spiro atoms. The summed E-state index contributed by atoms with van der Waals surface area (Å²) < 4.78 is 118. The first kappa shape index (κ1) is 22.0. The van der Waals surface area contributed by atoms with Gasteiger partial charge >= 0.3 is 31.1 Å². The molecule has 15 heteroatoms. The Balaban J connectivity index is 3.26. The highest BCUT2D eigenvalue weighted by atomic mass is 32.3. The number of likely N-dealkylation sites (tertiary alicyclic amines) is 1. The zero-order valence-corrected chi connectivity index (χ0v) is 14.4. The zero-order valence-electron chi connectivity index (χ0n) is 12.8. The Bertz CT molecular complexity index is 678. The Morgan fingerprint density at radius 1 is 0.920 bits per heavy atom. The van der Waals surface area contributed by atoms with E-state index in [1.54, 1.807) is 7.05 Å². The van der Waals surface area contributed by atoms with E-state index in [0.29, 0.717) is 25.9 Å². The number of amides is 1. The first-order chi connectivity index (χ1) is 11.0. The van der Waals surface area contributed by atoms with Crippen molar-refractivity contribution in [1.29, 1.82) is 0 Å². The summed E-state index contributed by atoms with van der Waals surface area (Å²) in [5.74, 6) is -2.30. The second kappa shape index (κ2) is 6.57. The van der Waals surface area contributed by atoms with E-state index >= 15 is 0 Å². The molecule has 0 aliphatic carbocycles. The Morgan fingerprint density at radius 3 is 1.60 bits per heavy atom. The van der Waals surface area contributed by atoms with Crippen molar-refractivity contribution in [3.05, 3.63) is 0 Å². The van der Waals surface area contributed by atoms with Crippen LogP contribution in [-0.2, 0) is 24.8 Å². The van der Waals surface area contributed by atoms with Crippen LogP contribution in [0, 0.1) is 0 Å². The van der Waals surface area contributed by atoms with Gasteiger partial charge in [0.05, 0.1) is 33.1 Å². The second-order valence-corrected chi connectivity index (χ2v) is 9.53. The minimum Gasteiger partial charge on any atom is -0.326 e. The van der Waals surface area contributed by atoms with Crippen LogP contribution in [0.15, 0.2) is 0 Å². The number of halogens is 6. The van der Waals surface area contributed by atoms with Gasteiger partial charge in [-0.3, -0.25) is 4.79 Å².